The predicted octanol–water partition coefficient (Wildman–Crippen LogP) is 9.29. The molecule has 8 nitrogen and oxygen atoms in total. The average Bonchev–Trinajstić information content (AvgIpc) is 3.50. The quantitative estimate of drug-likeness (QED) is 0.109. The topological polar surface area (TPSA) is 101 Å². The second-order valence-corrected chi connectivity index (χ2v) is 12.9. The summed E-state index contributed by atoms with van der Waals surface area (Å²) in [6.45, 7) is 8.81. The summed E-state index contributed by atoms with van der Waals surface area (Å²) in [4.78, 5) is 29.2. The summed E-state index contributed by atoms with van der Waals surface area (Å²) >= 11 is 13.0. The van der Waals surface area contributed by atoms with Gasteiger partial charge in [0.1, 0.15) is 5.02 Å². The fourth-order valence-electron chi connectivity index (χ4n) is 4.82. The monoisotopic (exact) mass is 619 g/mol. The van der Waals surface area contributed by atoms with E-state index in [1.165, 1.54) is 68.8 Å². The lowest BCUT2D eigenvalue weighted by Crippen LogP contribution is -2.15. The number of hydrogen-bond acceptors (Lipinski definition) is 5. The number of aromatic amines is 1. The minimum Gasteiger partial charge on any atom is -0.466 e. The van der Waals surface area contributed by atoms with Gasteiger partial charge in [0.2, 0.25) is 5.91 Å². The Labute approximate surface area is 260 Å². The van der Waals surface area contributed by atoms with Gasteiger partial charge in [0.05, 0.1) is 23.7 Å². The summed E-state index contributed by atoms with van der Waals surface area (Å²) < 4.78 is 6.85. The summed E-state index contributed by atoms with van der Waals surface area (Å²) in [5.41, 5.74) is 2.24. The van der Waals surface area contributed by atoms with Crippen molar-refractivity contribution in [2.24, 2.45) is 0 Å². The minimum atomic E-state index is -0.353. The van der Waals surface area contributed by atoms with Gasteiger partial charge in [0.15, 0.2) is 11.5 Å². The number of nitrogens with one attached hydrogen (secondary N) is 2. The molecule has 232 valence electrons. The number of nitrogens with zero attached hydrogens (tertiary/aromatic N) is 3. The average molecular weight is 621 g/mol. The van der Waals surface area contributed by atoms with Gasteiger partial charge in [-0.05, 0) is 24.6 Å². The number of ether oxygens (including phenoxy) is 1. The van der Waals surface area contributed by atoms with Crippen molar-refractivity contribution in [3.8, 4) is 11.4 Å². The number of amides is 1. The van der Waals surface area contributed by atoms with Crippen LogP contribution in [0.1, 0.15) is 123 Å². The van der Waals surface area contributed by atoms with Crippen LogP contribution in [0.4, 0.5) is 5.69 Å². The van der Waals surface area contributed by atoms with E-state index in [2.05, 4.69) is 27.4 Å². The van der Waals surface area contributed by atoms with Crippen molar-refractivity contribution < 1.29 is 14.3 Å². The Morgan fingerprint density at radius 1 is 0.929 bits per heavy atom. The molecule has 3 rings (SSSR count). The summed E-state index contributed by atoms with van der Waals surface area (Å²) in [5, 5.41) is 11.4. The summed E-state index contributed by atoms with van der Waals surface area (Å²) in [6, 6.07) is 5.08. The molecule has 0 unspecified atom stereocenters. The van der Waals surface area contributed by atoms with Crippen LogP contribution in [0.5, 0.6) is 0 Å². The fraction of sp³-hybridized carbons (Fsp3) is 0.625. The Morgan fingerprint density at radius 2 is 1.55 bits per heavy atom. The SMILES string of the molecule is CCCCCCCCCCCCCCOC(=O)CCC(=O)Nc1ccc(Cl)c(-c2nc3c(Cl)c(C(C)(C)C)[nH]n3n2)c1. The Balaban J connectivity index is 1.34. The van der Waals surface area contributed by atoms with Crippen LogP contribution in [0.3, 0.4) is 0 Å². The smallest absolute Gasteiger partial charge is 0.306 e. The van der Waals surface area contributed by atoms with Gasteiger partial charge in [0.25, 0.3) is 0 Å². The second-order valence-electron chi connectivity index (χ2n) is 12.1. The van der Waals surface area contributed by atoms with E-state index in [9.17, 15) is 9.59 Å². The molecular weight excluding hydrogens is 573 g/mol. The van der Waals surface area contributed by atoms with E-state index in [0.29, 0.717) is 39.4 Å². The lowest BCUT2D eigenvalue weighted by Gasteiger charge is -2.16. The fourth-order valence-corrected chi connectivity index (χ4v) is 5.47. The Kier molecular flexibility index (Phi) is 13.6. The van der Waals surface area contributed by atoms with E-state index < -0.39 is 0 Å². The van der Waals surface area contributed by atoms with E-state index in [1.54, 1.807) is 18.2 Å². The molecule has 0 bridgehead atoms. The summed E-state index contributed by atoms with van der Waals surface area (Å²) in [5.74, 6) is -0.256. The lowest BCUT2D eigenvalue weighted by molar-refractivity contribution is -0.144. The van der Waals surface area contributed by atoms with Gasteiger partial charge in [-0.1, -0.05) is 122 Å². The van der Waals surface area contributed by atoms with Gasteiger partial charge in [-0.25, -0.2) is 4.98 Å². The summed E-state index contributed by atoms with van der Waals surface area (Å²) in [6.07, 6.45) is 15.2. The predicted molar refractivity (Wildman–Crippen MR) is 171 cm³/mol. The van der Waals surface area contributed by atoms with E-state index in [-0.39, 0.29) is 30.1 Å². The van der Waals surface area contributed by atoms with Crippen LogP contribution < -0.4 is 5.32 Å². The number of H-pyrrole nitrogens is 1. The first-order valence-corrected chi connectivity index (χ1v) is 16.3. The van der Waals surface area contributed by atoms with E-state index in [0.717, 1.165) is 18.5 Å². The number of carbonyl (C=O) groups excluding carboxylic acids is 2. The first-order chi connectivity index (χ1) is 20.1. The molecule has 0 aliphatic carbocycles. The van der Waals surface area contributed by atoms with Crippen LogP contribution >= 0.6 is 23.2 Å². The Morgan fingerprint density at radius 3 is 2.14 bits per heavy atom. The molecule has 0 spiro atoms. The highest BCUT2D eigenvalue weighted by Crippen LogP contribution is 2.34. The Hall–Kier alpha value is -2.58. The van der Waals surface area contributed by atoms with Gasteiger partial charge in [-0.2, -0.15) is 4.63 Å². The number of benzene rings is 1. The van der Waals surface area contributed by atoms with Crippen LogP contribution in [0.2, 0.25) is 10.0 Å². The molecule has 2 heterocycles. The number of hydrogen-bond donors (Lipinski definition) is 2. The van der Waals surface area contributed by atoms with Crippen LogP contribution in [-0.4, -0.2) is 38.3 Å². The number of carbonyl (C=O) groups is 2. The van der Waals surface area contributed by atoms with Crippen molar-refractivity contribution in [3.05, 3.63) is 33.9 Å². The molecule has 42 heavy (non-hydrogen) atoms. The van der Waals surface area contributed by atoms with Gasteiger partial charge < -0.3 is 10.1 Å². The first kappa shape index (κ1) is 33.9. The molecule has 0 radical (unpaired) electrons. The minimum absolute atomic E-state index is 0.0339. The maximum absolute atomic E-state index is 12.5. The van der Waals surface area contributed by atoms with Crippen LogP contribution in [-0.2, 0) is 19.7 Å². The largest absolute Gasteiger partial charge is 0.466 e. The number of halogens is 2. The third kappa shape index (κ3) is 10.6. The van der Waals surface area contributed by atoms with Crippen molar-refractivity contribution in [1.29, 1.82) is 0 Å². The van der Waals surface area contributed by atoms with Gasteiger partial charge in [-0.15, -0.1) is 5.10 Å². The zero-order chi connectivity index (χ0) is 30.5. The standard InChI is InChI=1S/C32H47Cl2N5O3/c1-5-6-7-8-9-10-11-12-13-14-15-16-21-42-27(41)20-19-26(40)35-23-17-18-25(33)24(22-23)30-36-31-28(34)29(32(2,3)4)37-39(31)38-30/h17-18,22,37H,5-16,19-21H2,1-4H3,(H,35,40). The van der Waals surface area contributed by atoms with Crippen molar-refractivity contribution in [2.75, 3.05) is 11.9 Å². The third-order valence-corrected chi connectivity index (χ3v) is 7.99. The molecule has 10 heteroatoms. The number of rotatable bonds is 18. The number of aromatic nitrogens is 4. The van der Waals surface area contributed by atoms with Crippen LogP contribution in [0, 0.1) is 0 Å². The van der Waals surface area contributed by atoms with Crippen molar-refractivity contribution in [3.63, 3.8) is 0 Å². The molecule has 1 aromatic carbocycles. The first-order valence-electron chi connectivity index (χ1n) is 15.5. The van der Waals surface area contributed by atoms with Crippen molar-refractivity contribution in [1.82, 2.24) is 19.8 Å². The van der Waals surface area contributed by atoms with Gasteiger partial charge >= 0.3 is 5.97 Å². The van der Waals surface area contributed by atoms with Crippen molar-refractivity contribution >= 4 is 46.4 Å². The van der Waals surface area contributed by atoms with Gasteiger partial charge in [-0.3, -0.25) is 14.7 Å². The number of fused-ring (bicyclic) bond motifs is 1. The molecule has 1 amide bonds. The molecule has 2 aromatic heterocycles. The van der Waals surface area contributed by atoms with E-state index in [1.807, 2.05) is 20.8 Å². The lowest BCUT2D eigenvalue weighted by atomic mass is 9.92. The highest BCUT2D eigenvalue weighted by molar-refractivity contribution is 6.34. The Bertz CT molecular complexity index is 1300. The zero-order valence-electron chi connectivity index (χ0n) is 25.7. The maximum atomic E-state index is 12.5. The van der Waals surface area contributed by atoms with Gasteiger partial charge in [0, 0.05) is 23.1 Å². The number of unbranched alkanes of at least 4 members (excludes halogenated alkanes) is 11. The number of esters is 1. The van der Waals surface area contributed by atoms with E-state index in [4.69, 9.17) is 27.9 Å². The van der Waals surface area contributed by atoms with Crippen LogP contribution in [0.15, 0.2) is 18.2 Å². The zero-order valence-corrected chi connectivity index (χ0v) is 27.2. The second kappa shape index (κ2) is 16.9. The van der Waals surface area contributed by atoms with Crippen LogP contribution in [0.25, 0.3) is 17.0 Å². The maximum Gasteiger partial charge on any atom is 0.306 e. The van der Waals surface area contributed by atoms with E-state index >= 15 is 0 Å². The molecule has 0 saturated carbocycles. The molecule has 0 fully saturated rings. The highest BCUT2D eigenvalue weighted by atomic mass is 35.5. The molecule has 2 N–H and O–H groups in total. The molecular formula is C32H47Cl2N5O3. The molecule has 0 atom stereocenters. The molecule has 3 aromatic rings. The summed E-state index contributed by atoms with van der Waals surface area (Å²) in [7, 11) is 0. The third-order valence-electron chi connectivity index (χ3n) is 7.30. The molecule has 0 aliphatic rings. The molecule has 0 saturated heterocycles. The number of anilines is 1. The highest BCUT2D eigenvalue weighted by Gasteiger charge is 2.25. The molecule has 0 aliphatic heterocycles. The van der Waals surface area contributed by atoms with Crippen molar-refractivity contribution in [2.45, 2.75) is 123 Å². The normalized spacial score (nSPS) is 11.8.